The molecule has 1 aliphatic rings. The average Bonchev–Trinajstić information content (AvgIpc) is 3.09. The third kappa shape index (κ3) is 2.84. The Morgan fingerprint density at radius 1 is 1.30 bits per heavy atom. The van der Waals surface area contributed by atoms with Gasteiger partial charge in [-0.1, -0.05) is 19.3 Å². The Kier molecular flexibility index (Phi) is 3.72. The maximum atomic E-state index is 12.1. The number of furan rings is 1. The van der Waals surface area contributed by atoms with Crippen LogP contribution < -0.4 is 0 Å². The predicted octanol–water partition coefficient (Wildman–Crippen LogP) is 3.72. The highest BCUT2D eigenvalue weighted by molar-refractivity contribution is 5.94. The molecule has 0 spiro atoms. The van der Waals surface area contributed by atoms with Crippen molar-refractivity contribution in [1.82, 2.24) is 9.78 Å². The van der Waals surface area contributed by atoms with Gasteiger partial charge < -0.3 is 4.42 Å². The number of aromatic nitrogens is 2. The van der Waals surface area contributed by atoms with Gasteiger partial charge in [-0.15, -0.1) is 0 Å². The van der Waals surface area contributed by atoms with E-state index in [1.807, 2.05) is 29.9 Å². The summed E-state index contributed by atoms with van der Waals surface area (Å²) in [7, 11) is 0. The Morgan fingerprint density at radius 3 is 2.80 bits per heavy atom. The summed E-state index contributed by atoms with van der Waals surface area (Å²) >= 11 is 0. The molecule has 20 heavy (non-hydrogen) atoms. The number of rotatable bonds is 4. The van der Waals surface area contributed by atoms with Crippen molar-refractivity contribution in [3.8, 4) is 0 Å². The molecule has 0 atom stereocenters. The van der Waals surface area contributed by atoms with Crippen molar-refractivity contribution in [1.29, 1.82) is 0 Å². The van der Waals surface area contributed by atoms with Gasteiger partial charge in [-0.25, -0.2) is 0 Å². The zero-order valence-corrected chi connectivity index (χ0v) is 11.8. The maximum Gasteiger partial charge on any atom is 0.203 e. The Hall–Kier alpha value is -1.84. The summed E-state index contributed by atoms with van der Waals surface area (Å²) in [5.74, 6) is 1.18. The lowest BCUT2D eigenvalue weighted by molar-refractivity contribution is 0.0963. The molecule has 0 amide bonds. The van der Waals surface area contributed by atoms with Gasteiger partial charge in [0.25, 0.3) is 0 Å². The van der Waals surface area contributed by atoms with Gasteiger partial charge in [0.15, 0.2) is 5.76 Å². The van der Waals surface area contributed by atoms with Crippen molar-refractivity contribution >= 4 is 5.78 Å². The molecular weight excluding hydrogens is 252 g/mol. The molecule has 1 fully saturated rings. The van der Waals surface area contributed by atoms with Crippen LogP contribution in [0, 0.1) is 6.92 Å². The van der Waals surface area contributed by atoms with Crippen LogP contribution in [0.15, 0.2) is 28.8 Å². The van der Waals surface area contributed by atoms with Gasteiger partial charge in [-0.2, -0.15) is 5.10 Å². The first kappa shape index (κ1) is 13.2. The van der Waals surface area contributed by atoms with Crippen molar-refractivity contribution in [3.05, 3.63) is 41.6 Å². The first-order valence-electron chi connectivity index (χ1n) is 7.36. The van der Waals surface area contributed by atoms with Gasteiger partial charge in [0.2, 0.25) is 5.78 Å². The quantitative estimate of drug-likeness (QED) is 0.797. The summed E-state index contributed by atoms with van der Waals surface area (Å²) in [5, 5.41) is 4.56. The van der Waals surface area contributed by atoms with Crippen LogP contribution in [0.2, 0.25) is 0 Å². The summed E-state index contributed by atoms with van der Waals surface area (Å²) in [6.07, 6.45) is 8.62. The second kappa shape index (κ2) is 5.65. The lowest BCUT2D eigenvalue weighted by atomic mass is 9.96. The van der Waals surface area contributed by atoms with E-state index in [2.05, 4.69) is 5.10 Å². The van der Waals surface area contributed by atoms with Crippen molar-refractivity contribution < 1.29 is 9.21 Å². The minimum atomic E-state index is -0.00741. The lowest BCUT2D eigenvalue weighted by Gasteiger charge is -2.21. The van der Waals surface area contributed by atoms with Crippen molar-refractivity contribution in [3.63, 3.8) is 0 Å². The highest BCUT2D eigenvalue weighted by Gasteiger charge is 2.17. The first-order valence-corrected chi connectivity index (χ1v) is 7.36. The molecule has 0 saturated heterocycles. The van der Waals surface area contributed by atoms with Crippen molar-refractivity contribution in [2.75, 3.05) is 0 Å². The third-order valence-electron chi connectivity index (χ3n) is 3.97. The molecule has 1 saturated carbocycles. The van der Waals surface area contributed by atoms with Crippen LogP contribution >= 0.6 is 0 Å². The highest BCUT2D eigenvalue weighted by Crippen LogP contribution is 2.27. The summed E-state index contributed by atoms with van der Waals surface area (Å²) in [4.78, 5) is 12.1. The van der Waals surface area contributed by atoms with Gasteiger partial charge in [-0.3, -0.25) is 9.48 Å². The number of Topliss-reactive ketones (excluding diaryl/α,β-unsaturated/α-hetero) is 1. The highest BCUT2D eigenvalue weighted by atomic mass is 16.3. The zero-order chi connectivity index (χ0) is 13.9. The Morgan fingerprint density at radius 2 is 2.10 bits per heavy atom. The molecular formula is C16H20N2O2. The number of carbonyl (C=O) groups excluding carboxylic acids is 1. The molecule has 0 bridgehead atoms. The molecule has 4 nitrogen and oxygen atoms in total. The van der Waals surface area contributed by atoms with Gasteiger partial charge in [0.1, 0.15) is 5.76 Å². The zero-order valence-electron chi connectivity index (χ0n) is 11.8. The topological polar surface area (TPSA) is 48.0 Å². The van der Waals surface area contributed by atoms with Crippen molar-refractivity contribution in [2.45, 2.75) is 51.5 Å². The van der Waals surface area contributed by atoms with Crippen LogP contribution in [0.4, 0.5) is 0 Å². The third-order valence-corrected chi connectivity index (χ3v) is 3.97. The van der Waals surface area contributed by atoms with E-state index in [1.54, 1.807) is 6.07 Å². The average molecular weight is 272 g/mol. The van der Waals surface area contributed by atoms with Gasteiger partial charge in [-0.05, 0) is 38.0 Å². The van der Waals surface area contributed by atoms with E-state index in [4.69, 9.17) is 4.42 Å². The van der Waals surface area contributed by atoms with E-state index >= 15 is 0 Å². The van der Waals surface area contributed by atoms with Crippen LogP contribution in [0.3, 0.4) is 0 Å². The smallest absolute Gasteiger partial charge is 0.203 e. The van der Waals surface area contributed by atoms with E-state index in [0.717, 1.165) is 11.5 Å². The maximum absolute atomic E-state index is 12.1. The van der Waals surface area contributed by atoms with E-state index in [-0.39, 0.29) is 5.78 Å². The van der Waals surface area contributed by atoms with Crippen LogP contribution in [0.1, 0.15) is 60.2 Å². The molecule has 0 unspecified atom stereocenters. The van der Waals surface area contributed by atoms with Crippen molar-refractivity contribution in [2.24, 2.45) is 0 Å². The number of nitrogens with zero attached hydrogens (tertiary/aromatic N) is 2. The lowest BCUT2D eigenvalue weighted by Crippen LogP contribution is -2.14. The van der Waals surface area contributed by atoms with E-state index in [0.29, 0.717) is 18.2 Å². The van der Waals surface area contributed by atoms with Crippen LogP contribution in [0.5, 0.6) is 0 Å². The van der Waals surface area contributed by atoms with Crippen LogP contribution in [0.25, 0.3) is 0 Å². The molecule has 2 heterocycles. The second-order valence-corrected chi connectivity index (χ2v) is 5.59. The predicted molar refractivity (Wildman–Crippen MR) is 75.8 cm³/mol. The fourth-order valence-electron chi connectivity index (χ4n) is 2.86. The SMILES string of the molecule is Cc1ccc(C(=O)Cc2ccn(C3CCCCC3)n2)o1. The van der Waals surface area contributed by atoms with E-state index in [1.165, 1.54) is 32.1 Å². The summed E-state index contributed by atoms with van der Waals surface area (Å²) < 4.78 is 7.39. The largest absolute Gasteiger partial charge is 0.458 e. The molecule has 2 aromatic heterocycles. The number of aryl methyl sites for hydroxylation is 1. The fraction of sp³-hybridized carbons (Fsp3) is 0.500. The Balaban J connectivity index is 1.66. The standard InChI is InChI=1S/C16H20N2O2/c1-12-7-8-16(20-12)15(19)11-13-9-10-18(17-13)14-5-3-2-4-6-14/h7-10,14H,2-6,11H2,1H3. The monoisotopic (exact) mass is 272 g/mol. The Bertz CT molecular complexity index is 591. The minimum Gasteiger partial charge on any atom is -0.458 e. The van der Waals surface area contributed by atoms with E-state index in [9.17, 15) is 4.79 Å². The van der Waals surface area contributed by atoms with Gasteiger partial charge in [0, 0.05) is 6.20 Å². The number of hydrogen-bond donors (Lipinski definition) is 0. The normalized spacial score (nSPS) is 16.4. The van der Waals surface area contributed by atoms with Gasteiger partial charge >= 0.3 is 0 Å². The molecule has 0 radical (unpaired) electrons. The molecule has 0 aromatic carbocycles. The minimum absolute atomic E-state index is 0.00741. The fourth-order valence-corrected chi connectivity index (χ4v) is 2.86. The Labute approximate surface area is 118 Å². The summed E-state index contributed by atoms with van der Waals surface area (Å²) in [6, 6.07) is 6.00. The summed E-state index contributed by atoms with van der Waals surface area (Å²) in [5.41, 5.74) is 0.828. The number of carbonyl (C=O) groups is 1. The van der Waals surface area contributed by atoms with Gasteiger partial charge in [0.05, 0.1) is 18.2 Å². The molecule has 106 valence electrons. The molecule has 2 aromatic rings. The number of hydrogen-bond acceptors (Lipinski definition) is 3. The second-order valence-electron chi connectivity index (χ2n) is 5.59. The summed E-state index contributed by atoms with van der Waals surface area (Å²) in [6.45, 7) is 1.84. The van der Waals surface area contributed by atoms with E-state index < -0.39 is 0 Å². The molecule has 1 aliphatic carbocycles. The van der Waals surface area contributed by atoms with Crippen LogP contribution in [-0.4, -0.2) is 15.6 Å². The molecule has 0 N–H and O–H groups in total. The van der Waals surface area contributed by atoms with Crippen LogP contribution in [-0.2, 0) is 6.42 Å². The number of ketones is 1. The first-order chi connectivity index (χ1) is 9.72. The molecule has 4 heteroatoms. The molecule has 0 aliphatic heterocycles. The molecule has 3 rings (SSSR count).